The SMILES string of the molecule is COC(CO)Cn1cc(O)n(CCOCc2ccccc2)c1=O. The standard InChI is InChI=1S/C16H22N2O5/c1-22-14(11-19)9-17-10-15(20)18(16(17)21)7-8-23-12-13-5-3-2-4-6-13/h2-6,10,14,19-20H,7-9,11-12H2,1H3. The molecule has 0 spiro atoms. The average Bonchev–Trinajstić information content (AvgIpc) is 2.84. The maximum atomic E-state index is 12.2. The van der Waals surface area contributed by atoms with Crippen LogP contribution < -0.4 is 5.69 Å². The quantitative estimate of drug-likeness (QED) is 0.660. The molecule has 0 saturated carbocycles. The van der Waals surface area contributed by atoms with Crippen molar-refractivity contribution < 1.29 is 19.7 Å². The highest BCUT2D eigenvalue weighted by molar-refractivity contribution is 5.13. The minimum Gasteiger partial charge on any atom is -0.493 e. The first-order valence-electron chi connectivity index (χ1n) is 7.40. The lowest BCUT2D eigenvalue weighted by Crippen LogP contribution is -2.31. The number of rotatable bonds is 9. The summed E-state index contributed by atoms with van der Waals surface area (Å²) in [4.78, 5) is 12.2. The van der Waals surface area contributed by atoms with Crippen molar-refractivity contribution in [1.29, 1.82) is 0 Å². The van der Waals surface area contributed by atoms with E-state index < -0.39 is 6.10 Å². The third-order valence-electron chi connectivity index (χ3n) is 3.53. The van der Waals surface area contributed by atoms with Gasteiger partial charge in [-0.2, -0.15) is 0 Å². The highest BCUT2D eigenvalue weighted by Gasteiger charge is 2.14. The number of hydrogen-bond acceptors (Lipinski definition) is 5. The Labute approximate surface area is 134 Å². The fourth-order valence-electron chi connectivity index (χ4n) is 2.20. The predicted octanol–water partition coefficient (Wildman–Crippen LogP) is 0.579. The van der Waals surface area contributed by atoms with Gasteiger partial charge >= 0.3 is 5.69 Å². The number of aliphatic hydroxyl groups excluding tert-OH is 1. The molecule has 1 aromatic carbocycles. The lowest BCUT2D eigenvalue weighted by Gasteiger charge is -2.11. The summed E-state index contributed by atoms with van der Waals surface area (Å²) in [5.74, 6) is -0.133. The zero-order valence-electron chi connectivity index (χ0n) is 13.1. The van der Waals surface area contributed by atoms with Gasteiger partial charge < -0.3 is 19.7 Å². The molecule has 1 atom stereocenters. The van der Waals surface area contributed by atoms with E-state index in [1.165, 1.54) is 22.4 Å². The van der Waals surface area contributed by atoms with Gasteiger partial charge in [-0.3, -0.25) is 9.13 Å². The molecule has 2 aromatic rings. The molecule has 0 aliphatic heterocycles. The van der Waals surface area contributed by atoms with Crippen LogP contribution in [0.25, 0.3) is 0 Å². The Hall–Kier alpha value is -2.09. The summed E-state index contributed by atoms with van der Waals surface area (Å²) in [6.45, 7) is 0.987. The van der Waals surface area contributed by atoms with Crippen LogP contribution in [-0.2, 0) is 29.2 Å². The maximum absolute atomic E-state index is 12.2. The van der Waals surface area contributed by atoms with Gasteiger partial charge in [-0.25, -0.2) is 4.79 Å². The molecular weight excluding hydrogens is 300 g/mol. The molecule has 0 fully saturated rings. The van der Waals surface area contributed by atoms with E-state index in [-0.39, 0.29) is 31.3 Å². The molecule has 2 N–H and O–H groups in total. The number of nitrogens with zero attached hydrogens (tertiary/aromatic N) is 2. The molecule has 0 aliphatic carbocycles. The largest absolute Gasteiger partial charge is 0.493 e. The molecule has 7 nitrogen and oxygen atoms in total. The minimum atomic E-state index is -0.489. The highest BCUT2D eigenvalue weighted by atomic mass is 16.5. The second-order valence-electron chi connectivity index (χ2n) is 5.15. The minimum absolute atomic E-state index is 0.133. The summed E-state index contributed by atoms with van der Waals surface area (Å²) >= 11 is 0. The fourth-order valence-corrected chi connectivity index (χ4v) is 2.20. The molecule has 7 heteroatoms. The van der Waals surface area contributed by atoms with Crippen molar-refractivity contribution >= 4 is 0 Å². The van der Waals surface area contributed by atoms with Gasteiger partial charge in [-0.1, -0.05) is 30.3 Å². The van der Waals surface area contributed by atoms with Crippen LogP contribution in [0.15, 0.2) is 41.3 Å². The first-order chi connectivity index (χ1) is 11.2. The van der Waals surface area contributed by atoms with Crippen LogP contribution in [0.1, 0.15) is 5.56 Å². The Bertz CT molecular complexity index is 646. The number of ether oxygens (including phenoxy) is 2. The zero-order valence-corrected chi connectivity index (χ0v) is 13.1. The molecule has 0 radical (unpaired) electrons. The lowest BCUT2D eigenvalue weighted by molar-refractivity contribution is 0.0364. The summed E-state index contributed by atoms with van der Waals surface area (Å²) in [5, 5.41) is 19.0. The number of aromatic hydroxyl groups is 1. The molecule has 0 amide bonds. The molecule has 1 unspecified atom stereocenters. The monoisotopic (exact) mass is 322 g/mol. The molecule has 1 aromatic heterocycles. The molecule has 0 bridgehead atoms. The van der Waals surface area contributed by atoms with E-state index in [1.807, 2.05) is 30.3 Å². The Kier molecular flexibility index (Phi) is 6.40. The average molecular weight is 322 g/mol. The van der Waals surface area contributed by atoms with Gasteiger partial charge in [0.2, 0.25) is 5.88 Å². The number of methoxy groups -OCH3 is 1. The van der Waals surface area contributed by atoms with Crippen LogP contribution in [0.5, 0.6) is 5.88 Å². The Morgan fingerprint density at radius 1 is 1.26 bits per heavy atom. The molecule has 0 aliphatic rings. The van der Waals surface area contributed by atoms with Crippen LogP contribution in [-0.4, -0.2) is 45.8 Å². The zero-order chi connectivity index (χ0) is 16.7. The van der Waals surface area contributed by atoms with E-state index in [1.54, 1.807) is 0 Å². The summed E-state index contributed by atoms with van der Waals surface area (Å²) < 4.78 is 13.1. The second-order valence-corrected chi connectivity index (χ2v) is 5.15. The van der Waals surface area contributed by atoms with Crippen LogP contribution in [0.3, 0.4) is 0 Å². The fraction of sp³-hybridized carbons (Fsp3) is 0.438. The van der Waals surface area contributed by atoms with Gasteiger partial charge in [-0.15, -0.1) is 0 Å². The van der Waals surface area contributed by atoms with Crippen molar-refractivity contribution in [1.82, 2.24) is 9.13 Å². The first kappa shape index (κ1) is 17.3. The van der Waals surface area contributed by atoms with Gasteiger partial charge in [-0.05, 0) is 5.56 Å². The molecular formula is C16H22N2O5. The third kappa shape index (κ3) is 4.69. The van der Waals surface area contributed by atoms with E-state index in [9.17, 15) is 9.90 Å². The molecule has 23 heavy (non-hydrogen) atoms. The molecule has 2 rings (SSSR count). The van der Waals surface area contributed by atoms with Crippen LogP contribution in [0, 0.1) is 0 Å². The van der Waals surface area contributed by atoms with E-state index in [0.717, 1.165) is 5.56 Å². The van der Waals surface area contributed by atoms with Gasteiger partial charge in [0.25, 0.3) is 0 Å². The van der Waals surface area contributed by atoms with Gasteiger partial charge in [0.15, 0.2) is 0 Å². The number of aromatic nitrogens is 2. The second kappa shape index (κ2) is 8.52. The van der Waals surface area contributed by atoms with Crippen molar-refractivity contribution in [2.24, 2.45) is 0 Å². The molecule has 126 valence electrons. The Balaban J connectivity index is 1.90. The number of imidazole rings is 1. The van der Waals surface area contributed by atoms with E-state index in [2.05, 4.69) is 0 Å². The van der Waals surface area contributed by atoms with Crippen LogP contribution in [0.4, 0.5) is 0 Å². The first-order valence-corrected chi connectivity index (χ1v) is 7.40. The lowest BCUT2D eigenvalue weighted by atomic mass is 10.2. The highest BCUT2D eigenvalue weighted by Crippen LogP contribution is 2.07. The van der Waals surface area contributed by atoms with Crippen molar-refractivity contribution in [3.05, 3.63) is 52.6 Å². The topological polar surface area (TPSA) is 85.8 Å². The Morgan fingerprint density at radius 2 is 2.00 bits per heavy atom. The normalized spacial score (nSPS) is 12.4. The Morgan fingerprint density at radius 3 is 2.65 bits per heavy atom. The van der Waals surface area contributed by atoms with Crippen molar-refractivity contribution in [2.75, 3.05) is 20.3 Å². The third-order valence-corrected chi connectivity index (χ3v) is 3.53. The van der Waals surface area contributed by atoms with Crippen LogP contribution in [0.2, 0.25) is 0 Å². The number of hydrogen-bond donors (Lipinski definition) is 2. The van der Waals surface area contributed by atoms with E-state index in [4.69, 9.17) is 14.6 Å². The molecule has 0 saturated heterocycles. The number of benzene rings is 1. The smallest absolute Gasteiger partial charge is 0.331 e. The van der Waals surface area contributed by atoms with Gasteiger partial charge in [0.1, 0.15) is 0 Å². The van der Waals surface area contributed by atoms with Gasteiger partial charge in [0, 0.05) is 7.11 Å². The summed E-state index contributed by atoms with van der Waals surface area (Å²) in [6.07, 6.45) is 0.846. The summed E-state index contributed by atoms with van der Waals surface area (Å²) in [7, 11) is 1.46. The van der Waals surface area contributed by atoms with E-state index >= 15 is 0 Å². The summed E-state index contributed by atoms with van der Waals surface area (Å²) in [5.41, 5.74) is 0.689. The number of aliphatic hydroxyl groups is 1. The van der Waals surface area contributed by atoms with Crippen LogP contribution >= 0.6 is 0 Å². The molecule has 1 heterocycles. The van der Waals surface area contributed by atoms with Gasteiger partial charge in [0.05, 0.1) is 45.2 Å². The predicted molar refractivity (Wildman–Crippen MR) is 84.3 cm³/mol. The van der Waals surface area contributed by atoms with Crippen molar-refractivity contribution in [2.45, 2.75) is 25.8 Å². The van der Waals surface area contributed by atoms with Crippen molar-refractivity contribution in [3.8, 4) is 5.88 Å². The van der Waals surface area contributed by atoms with Crippen molar-refractivity contribution in [3.63, 3.8) is 0 Å². The van der Waals surface area contributed by atoms with E-state index in [0.29, 0.717) is 13.2 Å². The maximum Gasteiger partial charge on any atom is 0.331 e. The summed E-state index contributed by atoms with van der Waals surface area (Å²) in [6, 6.07) is 9.72.